The van der Waals surface area contributed by atoms with Crippen LogP contribution in [0.25, 0.3) is 11.1 Å². The zero-order valence-corrected chi connectivity index (χ0v) is 68.5. The number of nitrogens with one attached hydrogen (secondary N) is 7. The third kappa shape index (κ3) is 20.7. The number of alkyl carbamates (subject to hydrolysis) is 2. The van der Waals surface area contributed by atoms with Gasteiger partial charge in [0, 0.05) is 43.3 Å². The molecule has 7 N–H and O–H groups in total. The van der Waals surface area contributed by atoms with Gasteiger partial charge in [0.25, 0.3) is 0 Å². The van der Waals surface area contributed by atoms with Gasteiger partial charge in [-0.05, 0) is 157 Å². The molecule has 0 saturated carbocycles. The quantitative estimate of drug-likeness (QED) is 0.0135. The van der Waals surface area contributed by atoms with E-state index in [0.717, 1.165) is 0 Å². The van der Waals surface area contributed by atoms with Crippen LogP contribution in [0.1, 0.15) is 111 Å². The Hall–Kier alpha value is -11.0. The summed E-state index contributed by atoms with van der Waals surface area (Å²) in [6.45, 7) is 18.5. The van der Waals surface area contributed by atoms with Gasteiger partial charge in [-0.15, -0.1) is 0 Å². The fourth-order valence-electron chi connectivity index (χ4n) is 12.5. The van der Waals surface area contributed by atoms with E-state index in [-0.39, 0.29) is 142 Å². The van der Waals surface area contributed by atoms with Crippen LogP contribution in [0.4, 0.5) is 9.59 Å². The monoisotopic (exact) mass is 1630 g/mol. The van der Waals surface area contributed by atoms with Crippen LogP contribution in [0, 0.1) is 0 Å². The Labute approximate surface area is 671 Å². The minimum atomic E-state index is -3.11. The topological polar surface area (TPSA) is 342 Å². The number of benzene rings is 7. The Balaban J connectivity index is 1.23. The van der Waals surface area contributed by atoms with Gasteiger partial charge in [0.2, 0.25) is 35.3 Å². The highest BCUT2D eigenvalue weighted by molar-refractivity contribution is 6.74. The molecule has 0 aliphatic carbocycles. The average molecular weight is 1630 g/mol. The molecule has 7 aromatic rings. The van der Waals surface area contributed by atoms with Crippen molar-refractivity contribution in [1.29, 1.82) is 0 Å². The largest absolute Gasteiger partial charge is 0.497 e. The second-order valence-electron chi connectivity index (χ2n) is 29.2. The van der Waals surface area contributed by atoms with Gasteiger partial charge in [-0.3, -0.25) is 24.0 Å². The molecule has 5 heterocycles. The lowest BCUT2D eigenvalue weighted by molar-refractivity contribution is -0.136. The van der Waals surface area contributed by atoms with E-state index in [1.807, 2.05) is 33.9 Å². The summed E-state index contributed by atoms with van der Waals surface area (Å²) in [4.78, 5) is 108. The van der Waals surface area contributed by atoms with Crippen molar-refractivity contribution in [2.75, 3.05) is 83.0 Å². The van der Waals surface area contributed by atoms with Crippen molar-refractivity contribution in [2.45, 2.75) is 121 Å². The molecule has 0 spiro atoms. The van der Waals surface area contributed by atoms with E-state index in [4.69, 9.17) is 93.9 Å². The minimum absolute atomic E-state index is 0.00209. The van der Waals surface area contributed by atoms with Gasteiger partial charge in [-0.1, -0.05) is 80.9 Å². The second-order valence-corrected chi connectivity index (χ2v) is 34.8. The van der Waals surface area contributed by atoms with E-state index in [9.17, 15) is 9.59 Å². The van der Waals surface area contributed by atoms with Crippen LogP contribution in [0.5, 0.6) is 69.0 Å². The SMILES string of the molecule is C=CCOC(=O)N[C@@H]1Cc2ccc(c(Cl)c2)Oc2cc3cc(c2OC)Oc2ccc(cc2Cl)[C@@H](O[Si](C)(C)C(C)(C)C)[C@@H]2NC(=O)[C@H](NC(=O)[C@@H]3NC(=O)C(c3cc(OC)cc(Oc4cc(CNC(=O)OC(C)(C)C)ccc4OC)c3)NC1=O)c1ccc(OC)c(c1)-c1c(OC)cc(OC)cc1C(COCOCCOC)NC2=O. The number of carbonyl (C=O) groups is 7. The lowest BCUT2D eigenvalue weighted by atomic mass is 9.89. The summed E-state index contributed by atoms with van der Waals surface area (Å²) in [5.74, 6) is -4.23. The van der Waals surface area contributed by atoms with E-state index >= 15 is 24.0 Å². The fraction of sp³-hybridized carbons (Fsp3) is 0.378. The zero-order chi connectivity index (χ0) is 82.5. The smallest absolute Gasteiger partial charge is 0.408 e. The fourth-order valence-corrected chi connectivity index (χ4v) is 14.2. The van der Waals surface area contributed by atoms with E-state index in [1.54, 1.807) is 81.4 Å². The van der Waals surface area contributed by atoms with Crippen LogP contribution in [0.15, 0.2) is 128 Å². The molecule has 5 aliphatic heterocycles. The molecule has 5 aliphatic rings. The second kappa shape index (κ2) is 37.3. The third-order valence-electron chi connectivity index (χ3n) is 19.2. The molecule has 608 valence electrons. The summed E-state index contributed by atoms with van der Waals surface area (Å²) in [5.41, 5.74) is 1.34. The first-order chi connectivity index (χ1) is 54.3. The van der Waals surface area contributed by atoms with Crippen LogP contribution in [0.3, 0.4) is 0 Å². The molecule has 32 heteroatoms. The van der Waals surface area contributed by atoms with E-state index in [2.05, 4.69) is 43.8 Å². The van der Waals surface area contributed by atoms with Crippen LogP contribution in [-0.4, -0.2) is 151 Å². The number of carbonyl (C=O) groups excluding carboxylic acids is 7. The van der Waals surface area contributed by atoms with Crippen LogP contribution < -0.4 is 79.8 Å². The van der Waals surface area contributed by atoms with E-state index < -0.39 is 103 Å². The zero-order valence-electron chi connectivity index (χ0n) is 66.0. The van der Waals surface area contributed by atoms with Crippen LogP contribution in [-0.2, 0) is 65.0 Å². The molecule has 114 heavy (non-hydrogen) atoms. The molecule has 0 saturated heterocycles. The molecule has 12 rings (SSSR count). The summed E-state index contributed by atoms with van der Waals surface area (Å²) >= 11 is 14.6. The maximum Gasteiger partial charge on any atom is 0.408 e. The van der Waals surface area contributed by atoms with Gasteiger partial charge < -0.3 is 108 Å². The maximum absolute atomic E-state index is 16.7. The van der Waals surface area contributed by atoms with E-state index in [0.29, 0.717) is 33.6 Å². The van der Waals surface area contributed by atoms with Crippen LogP contribution in [0.2, 0.25) is 28.2 Å². The summed E-state index contributed by atoms with van der Waals surface area (Å²) in [5, 5.41) is 19.6. The van der Waals surface area contributed by atoms with Crippen molar-refractivity contribution >= 4 is 73.2 Å². The molecule has 7 amide bonds. The Morgan fingerprint density at radius 1 is 0.570 bits per heavy atom. The van der Waals surface area contributed by atoms with Crippen molar-refractivity contribution < 1.29 is 104 Å². The first-order valence-corrected chi connectivity index (χ1v) is 40.0. The molecule has 0 aromatic heterocycles. The van der Waals surface area contributed by atoms with Gasteiger partial charge in [-0.25, -0.2) is 9.59 Å². The molecule has 2 unspecified atom stereocenters. The predicted octanol–water partition coefficient (Wildman–Crippen LogP) is 13.2. The first-order valence-electron chi connectivity index (χ1n) is 36.3. The lowest BCUT2D eigenvalue weighted by Gasteiger charge is -2.42. The Morgan fingerprint density at radius 2 is 1.18 bits per heavy atom. The number of methoxy groups -OCH3 is 7. The molecule has 11 bridgehead atoms. The highest BCUT2D eigenvalue weighted by atomic mass is 35.5. The molecular weight excluding hydrogens is 1530 g/mol. The van der Waals surface area contributed by atoms with Gasteiger partial charge >= 0.3 is 12.2 Å². The Morgan fingerprint density at radius 3 is 1.79 bits per heavy atom. The molecule has 0 fully saturated rings. The number of halogens is 2. The molecule has 0 radical (unpaired) electrons. The summed E-state index contributed by atoms with van der Waals surface area (Å²) < 4.78 is 91.4. The number of hydrogen-bond acceptors (Lipinski definition) is 22. The predicted molar refractivity (Wildman–Crippen MR) is 424 cm³/mol. The molecule has 29 nitrogen and oxygen atoms in total. The Kier molecular flexibility index (Phi) is 28.0. The van der Waals surface area contributed by atoms with Gasteiger partial charge in [0.1, 0.15) is 89.5 Å². The molecular formula is C82H95Cl2N7O22Si. The Bertz CT molecular complexity index is 4740. The lowest BCUT2D eigenvalue weighted by Crippen LogP contribution is -2.57. The third-order valence-corrected chi connectivity index (χ3v) is 24.2. The van der Waals surface area contributed by atoms with Crippen molar-refractivity contribution in [3.8, 4) is 80.1 Å². The van der Waals surface area contributed by atoms with E-state index in [1.165, 1.54) is 110 Å². The number of ether oxygens (including phenoxy) is 14. The van der Waals surface area contributed by atoms with Crippen molar-refractivity contribution in [2.24, 2.45) is 0 Å². The molecule has 7 atom stereocenters. The average Bonchev–Trinajstić information content (AvgIpc) is 0.762. The van der Waals surface area contributed by atoms with Crippen LogP contribution >= 0.6 is 23.2 Å². The minimum Gasteiger partial charge on any atom is -0.497 e. The van der Waals surface area contributed by atoms with Gasteiger partial charge in [0.05, 0.1) is 84.7 Å². The molecule has 7 aromatic carbocycles. The maximum atomic E-state index is 16.7. The summed E-state index contributed by atoms with van der Waals surface area (Å²) in [6, 6.07) is 19.2. The number of rotatable bonds is 23. The van der Waals surface area contributed by atoms with Crippen molar-refractivity contribution in [1.82, 2.24) is 37.2 Å². The first kappa shape index (κ1) is 85.4. The number of amides is 7. The standard InChI is InChI=1S/C82H95Cl2N7O22Si/c1-17-26-108-80(98)87-57-30-44-18-22-60(55(83)29-44)110-65-36-49-37-66(73(65)105-14)111-61-25-21-47(35-56(61)84)72(113-114(15,16)82(5,6)7)71-78(96)86-58(42-107-43-106-28-27-99-8)53-39-51(101-10)40-64(104-13)67(53)54-34-46(20-24-59(54)102-11)68(75(93)91-71)89-77(95)70(49)90-76(94)69(88-74(57)92)48-32-50(100-9)38-52(33-48)109-63-31-45(19-23-62(63)103-12)41-85-79(97)112-81(2,3)4/h17-25,29,31-40,57-58,68-72H,1,26-28,30,41-43H2,2-16H3,(H,85,97)(H,86,96)(H,87,98)(H,88,92)(H,89,95)(H,90,94)(H,91,93)/t57-,58?,68-,69?,70-,71+,72-/m1/s1. The van der Waals surface area contributed by atoms with Crippen molar-refractivity contribution in [3.05, 3.63) is 177 Å². The van der Waals surface area contributed by atoms with Crippen molar-refractivity contribution in [3.63, 3.8) is 0 Å². The number of hydrogen-bond donors (Lipinski definition) is 7. The number of fused-ring (bicyclic) bond motifs is 15. The highest BCUT2D eigenvalue weighted by Crippen LogP contribution is 2.50. The highest BCUT2D eigenvalue weighted by Gasteiger charge is 2.46. The van der Waals surface area contributed by atoms with Gasteiger partial charge in [-0.2, -0.15) is 0 Å². The van der Waals surface area contributed by atoms with Gasteiger partial charge in [0.15, 0.2) is 31.3 Å². The normalized spacial score (nSPS) is 18.4. The summed E-state index contributed by atoms with van der Waals surface area (Å²) in [7, 11) is 6.88. The summed E-state index contributed by atoms with van der Waals surface area (Å²) in [6.07, 6.45) is -2.08.